The minimum Gasteiger partial charge on any atom is -0.497 e. The average Bonchev–Trinajstić information content (AvgIpc) is 3.20. The molecule has 1 heterocycles. The van der Waals surface area contributed by atoms with Crippen molar-refractivity contribution in [3.63, 3.8) is 0 Å². The highest BCUT2D eigenvalue weighted by atomic mass is 35.5. The number of halogens is 1. The Morgan fingerprint density at radius 3 is 2.32 bits per heavy atom. The number of hydrogen-bond acceptors (Lipinski definition) is 7. The number of methoxy groups -OCH3 is 2. The number of esters is 1. The summed E-state index contributed by atoms with van der Waals surface area (Å²) in [6.45, 7) is 2.21. The number of aliphatic hydroxyl groups excluding tert-OH is 1. The van der Waals surface area contributed by atoms with Crippen LogP contribution in [0.4, 0.5) is 0 Å². The smallest absolute Gasteiger partial charge is 0.324 e. The van der Waals surface area contributed by atoms with Gasteiger partial charge in [-0.05, 0) is 48.2 Å². The molecule has 1 aromatic heterocycles. The number of carbonyl (C=O) groups excluding carboxylic acids is 1. The number of carbonyl (C=O) groups is 1. The summed E-state index contributed by atoms with van der Waals surface area (Å²) in [7, 11) is -1.26. The van der Waals surface area contributed by atoms with Gasteiger partial charge in [0.1, 0.15) is 17.6 Å². The Balaban J connectivity index is 1.78. The van der Waals surface area contributed by atoms with Gasteiger partial charge in [0.25, 0.3) is 0 Å². The fraction of sp³-hybridized carbons (Fsp3) is 0.385. The molecule has 0 spiro atoms. The third-order valence-electron chi connectivity index (χ3n) is 5.96. The van der Waals surface area contributed by atoms with E-state index in [-0.39, 0.29) is 23.1 Å². The first-order valence-corrected chi connectivity index (χ1v) is 13.7. The maximum Gasteiger partial charge on any atom is 0.324 e. The van der Waals surface area contributed by atoms with Crippen molar-refractivity contribution in [2.24, 2.45) is 0 Å². The maximum atomic E-state index is 13.1. The number of aryl methyl sites for hydroxylation is 1. The van der Waals surface area contributed by atoms with Crippen molar-refractivity contribution in [2.75, 3.05) is 14.2 Å². The second-order valence-electron chi connectivity index (χ2n) is 8.51. The minimum atomic E-state index is -4.02. The zero-order valence-corrected chi connectivity index (χ0v) is 22.7. The van der Waals surface area contributed by atoms with Gasteiger partial charge in [0, 0.05) is 13.0 Å². The van der Waals surface area contributed by atoms with E-state index in [2.05, 4.69) is 16.6 Å². The predicted octanol–water partition coefficient (Wildman–Crippen LogP) is 3.49. The Hall–Kier alpha value is -2.92. The van der Waals surface area contributed by atoms with Gasteiger partial charge in [-0.15, -0.1) is 0 Å². The van der Waals surface area contributed by atoms with E-state index in [1.165, 1.54) is 19.2 Å². The molecule has 0 fully saturated rings. The lowest BCUT2D eigenvalue weighted by atomic mass is 10.1. The zero-order valence-electron chi connectivity index (χ0n) is 21.1. The summed E-state index contributed by atoms with van der Waals surface area (Å²) in [4.78, 5) is 16.8. The van der Waals surface area contributed by atoms with E-state index in [0.717, 1.165) is 36.2 Å². The van der Waals surface area contributed by atoms with Gasteiger partial charge < -0.3 is 19.1 Å². The lowest BCUT2D eigenvalue weighted by Gasteiger charge is -2.17. The van der Waals surface area contributed by atoms with Crippen LogP contribution >= 0.6 is 11.6 Å². The van der Waals surface area contributed by atoms with Crippen molar-refractivity contribution in [3.8, 4) is 5.75 Å². The first-order valence-electron chi connectivity index (χ1n) is 11.9. The Bertz CT molecular complexity index is 1290. The molecule has 9 nitrogen and oxygen atoms in total. The molecule has 0 unspecified atom stereocenters. The van der Waals surface area contributed by atoms with E-state index in [1.807, 2.05) is 4.57 Å². The van der Waals surface area contributed by atoms with Gasteiger partial charge in [0.2, 0.25) is 10.0 Å². The second-order valence-corrected chi connectivity index (χ2v) is 10.6. The quantitative estimate of drug-likeness (QED) is 0.313. The van der Waals surface area contributed by atoms with Crippen LogP contribution in [0.5, 0.6) is 5.75 Å². The highest BCUT2D eigenvalue weighted by Crippen LogP contribution is 2.22. The van der Waals surface area contributed by atoms with Crippen molar-refractivity contribution in [2.45, 2.75) is 56.7 Å². The van der Waals surface area contributed by atoms with E-state index >= 15 is 0 Å². The molecule has 0 aliphatic heterocycles. The van der Waals surface area contributed by atoms with Crippen molar-refractivity contribution in [3.05, 3.63) is 76.3 Å². The molecule has 2 aromatic carbocycles. The van der Waals surface area contributed by atoms with Crippen LogP contribution in [0.25, 0.3) is 0 Å². The van der Waals surface area contributed by atoms with E-state index < -0.39 is 22.0 Å². The number of benzene rings is 2. The number of ether oxygens (including phenoxy) is 2. The highest BCUT2D eigenvalue weighted by molar-refractivity contribution is 7.89. The zero-order chi connectivity index (χ0) is 27.0. The summed E-state index contributed by atoms with van der Waals surface area (Å²) >= 11 is 6.22. The van der Waals surface area contributed by atoms with Gasteiger partial charge in [-0.1, -0.05) is 49.2 Å². The highest BCUT2D eigenvalue weighted by Gasteiger charge is 2.27. The Morgan fingerprint density at radius 2 is 1.76 bits per heavy atom. The van der Waals surface area contributed by atoms with Gasteiger partial charge in [0.05, 0.1) is 31.4 Å². The molecule has 37 heavy (non-hydrogen) atoms. The minimum absolute atomic E-state index is 0.0112. The van der Waals surface area contributed by atoms with Crippen LogP contribution in [-0.4, -0.2) is 49.3 Å². The monoisotopic (exact) mass is 549 g/mol. The molecule has 0 amide bonds. The summed E-state index contributed by atoms with van der Waals surface area (Å²) in [5.74, 6) is 0.735. The van der Waals surface area contributed by atoms with Crippen LogP contribution in [0, 0.1) is 0 Å². The van der Waals surface area contributed by atoms with Crippen molar-refractivity contribution in [1.82, 2.24) is 14.3 Å². The molecular formula is C26H32ClN3O6S. The first-order chi connectivity index (χ1) is 17.7. The molecule has 0 bridgehead atoms. The standard InChI is InChI=1S/C26H32ClN3O6S/c1-4-5-6-24-28-25(27)23(17-31)30(24)16-19-9-13-21(14-10-19)37(33,34)29-22(26(32)36-3)15-18-7-11-20(35-2)12-8-18/h7-14,22,29,31H,4-6,15-17H2,1-3H3/t22-/m0/s1. The van der Waals surface area contributed by atoms with E-state index in [0.29, 0.717) is 18.0 Å². The predicted molar refractivity (Wildman–Crippen MR) is 140 cm³/mol. The summed E-state index contributed by atoms with van der Waals surface area (Å²) in [5, 5.41) is 10.0. The number of nitrogens with one attached hydrogen (secondary N) is 1. The molecule has 1 atom stereocenters. The van der Waals surface area contributed by atoms with Crippen molar-refractivity contribution < 1.29 is 27.8 Å². The third kappa shape index (κ3) is 7.32. The van der Waals surface area contributed by atoms with Crippen LogP contribution in [0.2, 0.25) is 5.15 Å². The van der Waals surface area contributed by atoms with E-state index in [9.17, 15) is 18.3 Å². The number of aromatic nitrogens is 2. The molecule has 0 saturated carbocycles. The van der Waals surface area contributed by atoms with Gasteiger partial charge in [-0.3, -0.25) is 4.79 Å². The topological polar surface area (TPSA) is 120 Å². The fourth-order valence-electron chi connectivity index (χ4n) is 3.89. The Morgan fingerprint density at radius 1 is 1.11 bits per heavy atom. The molecule has 200 valence electrons. The molecule has 0 radical (unpaired) electrons. The third-order valence-corrected chi connectivity index (χ3v) is 7.75. The van der Waals surface area contributed by atoms with Crippen LogP contribution < -0.4 is 9.46 Å². The lowest BCUT2D eigenvalue weighted by molar-refractivity contribution is -0.142. The van der Waals surface area contributed by atoms with Crippen LogP contribution in [0.3, 0.4) is 0 Å². The number of hydrogen-bond donors (Lipinski definition) is 2. The molecule has 3 rings (SSSR count). The number of rotatable bonds is 13. The normalized spacial score (nSPS) is 12.4. The van der Waals surface area contributed by atoms with Crippen molar-refractivity contribution in [1.29, 1.82) is 0 Å². The van der Waals surface area contributed by atoms with Gasteiger partial charge in [0.15, 0.2) is 5.15 Å². The molecule has 3 aromatic rings. The first kappa shape index (κ1) is 28.6. The van der Waals surface area contributed by atoms with Gasteiger partial charge in [-0.25, -0.2) is 13.4 Å². The Kier molecular flexibility index (Phi) is 10.1. The van der Waals surface area contributed by atoms with E-state index in [1.54, 1.807) is 43.5 Å². The fourth-order valence-corrected chi connectivity index (χ4v) is 5.34. The summed E-state index contributed by atoms with van der Waals surface area (Å²) in [5.41, 5.74) is 2.07. The molecule has 0 saturated heterocycles. The number of nitrogens with zero attached hydrogens (tertiary/aromatic N) is 2. The molecule has 11 heteroatoms. The van der Waals surface area contributed by atoms with Crippen LogP contribution in [0.1, 0.15) is 42.4 Å². The number of sulfonamides is 1. The lowest BCUT2D eigenvalue weighted by Crippen LogP contribution is -2.42. The number of imidazole rings is 1. The summed E-state index contributed by atoms with van der Waals surface area (Å²) in [6, 6.07) is 12.2. The second kappa shape index (κ2) is 13.0. The number of unbranched alkanes of at least 4 members (excludes halogenated alkanes) is 1. The molecular weight excluding hydrogens is 518 g/mol. The number of aliphatic hydroxyl groups is 1. The maximum absolute atomic E-state index is 13.1. The average molecular weight is 550 g/mol. The van der Waals surface area contributed by atoms with Crippen LogP contribution in [-0.2, 0) is 45.5 Å². The van der Waals surface area contributed by atoms with Crippen molar-refractivity contribution >= 4 is 27.6 Å². The molecule has 0 aliphatic rings. The SMILES string of the molecule is CCCCc1nc(Cl)c(CO)n1Cc1ccc(S(=O)(=O)N[C@@H](Cc2ccc(OC)cc2)C(=O)OC)cc1. The van der Waals surface area contributed by atoms with Crippen LogP contribution in [0.15, 0.2) is 53.4 Å². The summed E-state index contributed by atoms with van der Waals surface area (Å²) < 4.78 is 40.5. The molecule has 0 aliphatic carbocycles. The Labute approximate surface area is 222 Å². The largest absolute Gasteiger partial charge is 0.497 e. The van der Waals surface area contributed by atoms with Gasteiger partial charge >= 0.3 is 5.97 Å². The molecule has 2 N–H and O–H groups in total. The van der Waals surface area contributed by atoms with E-state index in [4.69, 9.17) is 21.1 Å². The van der Waals surface area contributed by atoms with Gasteiger partial charge in [-0.2, -0.15) is 4.72 Å². The summed E-state index contributed by atoms with van der Waals surface area (Å²) in [6.07, 6.45) is 2.75.